The molecule has 0 spiro atoms. The lowest BCUT2D eigenvalue weighted by molar-refractivity contribution is -0.152. The van der Waals surface area contributed by atoms with Crippen molar-refractivity contribution < 1.29 is 24.6 Å². The highest BCUT2D eigenvalue weighted by atomic mass is 16.4. The molecular formula is C14H14N2O5. The van der Waals surface area contributed by atoms with E-state index in [-0.39, 0.29) is 6.42 Å². The Morgan fingerprint density at radius 2 is 1.86 bits per heavy atom. The molecule has 0 amide bonds. The van der Waals surface area contributed by atoms with Crippen LogP contribution in [0.4, 0.5) is 0 Å². The first kappa shape index (κ1) is 14.7. The number of rotatable bonds is 6. The second kappa shape index (κ2) is 5.37. The highest BCUT2D eigenvalue weighted by molar-refractivity contribution is 6.33. The number of nitrogens with two attached hydrogens (primary N) is 1. The van der Waals surface area contributed by atoms with Crippen molar-refractivity contribution in [3.8, 4) is 0 Å². The van der Waals surface area contributed by atoms with Crippen LogP contribution >= 0.6 is 0 Å². The summed E-state index contributed by atoms with van der Waals surface area (Å²) in [7, 11) is 0. The van der Waals surface area contributed by atoms with Gasteiger partial charge in [-0.05, 0) is 11.6 Å². The quantitative estimate of drug-likeness (QED) is 0.574. The van der Waals surface area contributed by atoms with Crippen LogP contribution in [0.15, 0.2) is 30.5 Å². The number of hydrogen-bond donors (Lipinski definition) is 4. The molecular weight excluding hydrogens is 276 g/mol. The summed E-state index contributed by atoms with van der Waals surface area (Å²) in [6.45, 7) is 0. The number of carboxylic acid groups (broad SMARTS) is 2. The van der Waals surface area contributed by atoms with Crippen LogP contribution < -0.4 is 5.73 Å². The molecule has 5 N–H and O–H groups in total. The number of hydrogen-bond acceptors (Lipinski definition) is 4. The summed E-state index contributed by atoms with van der Waals surface area (Å²) in [5, 5.41) is 18.7. The minimum atomic E-state index is -1.96. The largest absolute Gasteiger partial charge is 0.480 e. The van der Waals surface area contributed by atoms with E-state index in [0.29, 0.717) is 5.56 Å². The predicted molar refractivity (Wildman–Crippen MR) is 73.8 cm³/mol. The number of Topliss-reactive ketones (excluding diaryl/α,β-unsaturated/α-hetero) is 1. The Labute approximate surface area is 119 Å². The molecule has 0 saturated carbocycles. The van der Waals surface area contributed by atoms with E-state index < -0.39 is 29.7 Å². The van der Waals surface area contributed by atoms with Gasteiger partial charge in [0.15, 0.2) is 0 Å². The van der Waals surface area contributed by atoms with E-state index in [1.54, 1.807) is 18.3 Å². The molecule has 0 bridgehead atoms. The molecule has 1 aromatic heterocycles. The molecule has 0 aliphatic heterocycles. The van der Waals surface area contributed by atoms with Crippen LogP contribution in [0.5, 0.6) is 0 Å². The molecule has 0 aliphatic rings. The van der Waals surface area contributed by atoms with Gasteiger partial charge in [-0.15, -0.1) is 0 Å². The summed E-state index contributed by atoms with van der Waals surface area (Å²) in [5.41, 5.74) is 5.24. The fourth-order valence-electron chi connectivity index (χ4n) is 2.19. The van der Waals surface area contributed by atoms with Gasteiger partial charge in [0.25, 0.3) is 0 Å². The van der Waals surface area contributed by atoms with E-state index in [0.717, 1.165) is 10.9 Å². The van der Waals surface area contributed by atoms with E-state index in [9.17, 15) is 19.5 Å². The van der Waals surface area contributed by atoms with Gasteiger partial charge in [0.05, 0.1) is 0 Å². The van der Waals surface area contributed by atoms with Gasteiger partial charge in [0, 0.05) is 29.9 Å². The Bertz CT molecular complexity index is 721. The van der Waals surface area contributed by atoms with Crippen molar-refractivity contribution in [2.24, 2.45) is 5.73 Å². The van der Waals surface area contributed by atoms with Crippen LogP contribution in [-0.4, -0.2) is 38.5 Å². The number of nitrogens with one attached hydrogen (secondary N) is 1. The van der Waals surface area contributed by atoms with Crippen LogP contribution in [-0.2, 0) is 20.8 Å². The molecule has 110 valence electrons. The van der Waals surface area contributed by atoms with Gasteiger partial charge in [-0.1, -0.05) is 18.2 Å². The molecule has 1 unspecified atom stereocenters. The van der Waals surface area contributed by atoms with Gasteiger partial charge in [0.2, 0.25) is 5.78 Å². The van der Waals surface area contributed by atoms with Gasteiger partial charge < -0.3 is 20.9 Å². The van der Waals surface area contributed by atoms with Gasteiger partial charge >= 0.3 is 11.9 Å². The van der Waals surface area contributed by atoms with Crippen molar-refractivity contribution in [2.45, 2.75) is 18.4 Å². The normalized spacial score (nSPS) is 13.8. The molecule has 2 rings (SSSR count). The van der Waals surface area contributed by atoms with E-state index >= 15 is 0 Å². The molecule has 7 nitrogen and oxygen atoms in total. The molecule has 2 aromatic rings. The van der Waals surface area contributed by atoms with Gasteiger partial charge in [-0.2, -0.15) is 0 Å². The monoisotopic (exact) mass is 290 g/mol. The Balaban J connectivity index is 2.34. The Hall–Kier alpha value is -2.67. The number of aromatic amines is 1. The van der Waals surface area contributed by atoms with E-state index in [4.69, 9.17) is 10.8 Å². The molecule has 1 aromatic carbocycles. The molecule has 7 heteroatoms. The maximum absolute atomic E-state index is 11.4. The minimum Gasteiger partial charge on any atom is -0.480 e. The summed E-state index contributed by atoms with van der Waals surface area (Å²) >= 11 is 0. The van der Waals surface area contributed by atoms with E-state index in [1.165, 1.54) is 0 Å². The Kier molecular flexibility index (Phi) is 3.77. The second-order valence-corrected chi connectivity index (χ2v) is 4.90. The highest BCUT2D eigenvalue weighted by Crippen LogP contribution is 2.23. The molecule has 1 heterocycles. The smallest absolute Gasteiger partial charge is 0.372 e. The Morgan fingerprint density at radius 1 is 1.19 bits per heavy atom. The zero-order valence-corrected chi connectivity index (χ0v) is 11.0. The standard InChI is InChI=1S/C14H14N2O5/c15-14(13(20)21,6-11(17)12(18)19)5-8-7-16-10-4-2-1-3-9(8)10/h1-4,7,16H,5-6,15H2,(H,18,19)(H,20,21). The van der Waals surface area contributed by atoms with Crippen LogP contribution in [0.1, 0.15) is 12.0 Å². The average molecular weight is 290 g/mol. The van der Waals surface area contributed by atoms with Gasteiger partial charge in [-0.3, -0.25) is 9.59 Å². The summed E-state index contributed by atoms with van der Waals surface area (Å²) < 4.78 is 0. The fourth-order valence-corrected chi connectivity index (χ4v) is 2.19. The first-order chi connectivity index (χ1) is 9.83. The van der Waals surface area contributed by atoms with Gasteiger partial charge in [-0.25, -0.2) is 4.79 Å². The lowest BCUT2D eigenvalue weighted by Crippen LogP contribution is -2.52. The fraction of sp³-hybridized carbons (Fsp3) is 0.214. The first-order valence-electron chi connectivity index (χ1n) is 6.17. The van der Waals surface area contributed by atoms with Crippen molar-refractivity contribution in [3.05, 3.63) is 36.0 Å². The first-order valence-corrected chi connectivity index (χ1v) is 6.17. The number of carbonyl (C=O) groups excluding carboxylic acids is 1. The van der Waals surface area contributed by atoms with Crippen molar-refractivity contribution in [3.63, 3.8) is 0 Å². The number of carboxylic acids is 2. The molecule has 0 aliphatic carbocycles. The lowest BCUT2D eigenvalue weighted by Gasteiger charge is -2.23. The number of aliphatic carboxylic acids is 2. The van der Waals surface area contributed by atoms with Crippen molar-refractivity contribution >= 4 is 28.6 Å². The zero-order chi connectivity index (χ0) is 15.6. The van der Waals surface area contributed by atoms with Crippen LogP contribution in [0.3, 0.4) is 0 Å². The third-order valence-electron chi connectivity index (χ3n) is 3.32. The third-order valence-corrected chi connectivity index (χ3v) is 3.32. The number of fused-ring (bicyclic) bond motifs is 1. The summed E-state index contributed by atoms with van der Waals surface area (Å²) in [6.07, 6.45) is 0.697. The maximum Gasteiger partial charge on any atom is 0.372 e. The number of benzene rings is 1. The SMILES string of the molecule is NC(CC(=O)C(=O)O)(Cc1c[nH]c2ccccc12)C(=O)O. The predicted octanol–water partition coefficient (Wildman–Crippen LogP) is 0.536. The van der Waals surface area contributed by atoms with E-state index in [2.05, 4.69) is 4.98 Å². The second-order valence-electron chi connectivity index (χ2n) is 4.90. The molecule has 1 atom stereocenters. The molecule has 0 radical (unpaired) electrons. The summed E-state index contributed by atoms with van der Waals surface area (Å²) in [4.78, 5) is 36.3. The van der Waals surface area contributed by atoms with Crippen LogP contribution in [0.25, 0.3) is 10.9 Å². The van der Waals surface area contributed by atoms with E-state index in [1.807, 2.05) is 12.1 Å². The molecule has 0 saturated heterocycles. The average Bonchev–Trinajstić information content (AvgIpc) is 2.81. The van der Waals surface area contributed by atoms with Crippen molar-refractivity contribution in [1.29, 1.82) is 0 Å². The third kappa shape index (κ3) is 2.92. The summed E-state index contributed by atoms with van der Waals surface area (Å²) in [6, 6.07) is 7.23. The number of para-hydroxylation sites is 1. The topological polar surface area (TPSA) is 133 Å². The number of carbonyl (C=O) groups is 3. The van der Waals surface area contributed by atoms with Crippen molar-refractivity contribution in [1.82, 2.24) is 4.98 Å². The van der Waals surface area contributed by atoms with Gasteiger partial charge in [0.1, 0.15) is 5.54 Å². The number of aromatic nitrogens is 1. The summed E-state index contributed by atoms with van der Waals surface area (Å²) in [5.74, 6) is -4.33. The number of ketones is 1. The Morgan fingerprint density at radius 3 is 2.48 bits per heavy atom. The van der Waals surface area contributed by atoms with Crippen LogP contribution in [0, 0.1) is 0 Å². The van der Waals surface area contributed by atoms with Crippen molar-refractivity contribution in [2.75, 3.05) is 0 Å². The molecule has 21 heavy (non-hydrogen) atoms. The molecule has 0 fully saturated rings. The lowest BCUT2D eigenvalue weighted by atomic mass is 9.87. The highest BCUT2D eigenvalue weighted by Gasteiger charge is 2.38. The maximum atomic E-state index is 11.4. The minimum absolute atomic E-state index is 0.147. The zero-order valence-electron chi connectivity index (χ0n) is 11.0. The van der Waals surface area contributed by atoms with Crippen LogP contribution in [0.2, 0.25) is 0 Å². The number of H-pyrrole nitrogens is 1.